The maximum absolute atomic E-state index is 5.79. The van der Waals surface area contributed by atoms with Crippen LogP contribution in [0.15, 0.2) is 54.6 Å². The van der Waals surface area contributed by atoms with Crippen LogP contribution in [0.4, 0.5) is 5.82 Å². The number of fused-ring (bicyclic) bond motifs is 1. The van der Waals surface area contributed by atoms with E-state index in [1.807, 2.05) is 48.5 Å². The van der Waals surface area contributed by atoms with Gasteiger partial charge in [0.15, 0.2) is 0 Å². The van der Waals surface area contributed by atoms with Gasteiger partial charge in [-0.25, -0.2) is 4.98 Å². The molecule has 0 atom stereocenters. The van der Waals surface area contributed by atoms with Gasteiger partial charge in [0.1, 0.15) is 11.6 Å². The monoisotopic (exact) mass is 250 g/mol. The number of ether oxygens (including phenoxy) is 1. The maximum atomic E-state index is 5.79. The summed E-state index contributed by atoms with van der Waals surface area (Å²) in [6.45, 7) is 0. The number of nitrogen functional groups attached to an aromatic ring is 1. The van der Waals surface area contributed by atoms with Crippen molar-refractivity contribution in [3.05, 3.63) is 54.6 Å². The van der Waals surface area contributed by atoms with Crippen LogP contribution in [-0.2, 0) is 0 Å². The number of methoxy groups -OCH3 is 1. The minimum Gasteiger partial charge on any atom is -0.497 e. The molecule has 0 bridgehead atoms. The van der Waals surface area contributed by atoms with Crippen LogP contribution in [0.2, 0.25) is 0 Å². The van der Waals surface area contributed by atoms with Gasteiger partial charge in [0.2, 0.25) is 0 Å². The quantitative estimate of drug-likeness (QED) is 0.757. The van der Waals surface area contributed by atoms with Gasteiger partial charge in [-0.05, 0) is 29.8 Å². The van der Waals surface area contributed by atoms with E-state index in [-0.39, 0.29) is 0 Å². The van der Waals surface area contributed by atoms with Crippen molar-refractivity contribution in [3.8, 4) is 16.9 Å². The normalized spacial score (nSPS) is 10.6. The molecule has 0 fully saturated rings. The van der Waals surface area contributed by atoms with Crippen LogP contribution in [-0.4, -0.2) is 12.1 Å². The van der Waals surface area contributed by atoms with Crippen LogP contribution in [0.3, 0.4) is 0 Å². The fourth-order valence-corrected chi connectivity index (χ4v) is 2.17. The van der Waals surface area contributed by atoms with Gasteiger partial charge in [-0.3, -0.25) is 0 Å². The Hall–Kier alpha value is -2.55. The van der Waals surface area contributed by atoms with Gasteiger partial charge in [-0.1, -0.05) is 30.3 Å². The number of pyridine rings is 1. The molecule has 3 heteroatoms. The lowest BCUT2D eigenvalue weighted by atomic mass is 10.0. The highest BCUT2D eigenvalue weighted by molar-refractivity contribution is 5.94. The third-order valence-corrected chi connectivity index (χ3v) is 3.14. The molecule has 0 radical (unpaired) electrons. The number of hydrogen-bond acceptors (Lipinski definition) is 3. The zero-order valence-corrected chi connectivity index (χ0v) is 10.6. The molecule has 2 N–H and O–H groups in total. The average molecular weight is 250 g/mol. The summed E-state index contributed by atoms with van der Waals surface area (Å²) in [5.41, 5.74) is 8.89. The van der Waals surface area contributed by atoms with Crippen molar-refractivity contribution in [2.45, 2.75) is 0 Å². The highest BCUT2D eigenvalue weighted by Gasteiger charge is 2.05. The Balaban J connectivity index is 2.20. The smallest absolute Gasteiger partial charge is 0.124 e. The Morgan fingerprint density at radius 1 is 0.947 bits per heavy atom. The van der Waals surface area contributed by atoms with E-state index in [2.05, 4.69) is 11.1 Å². The Labute approximate surface area is 111 Å². The molecule has 0 spiro atoms. The Kier molecular flexibility index (Phi) is 2.80. The van der Waals surface area contributed by atoms with Crippen LogP contribution in [0.1, 0.15) is 0 Å². The van der Waals surface area contributed by atoms with Gasteiger partial charge in [0.05, 0.1) is 12.6 Å². The number of nitrogens with zero attached hydrogens (tertiary/aromatic N) is 1. The first-order valence-electron chi connectivity index (χ1n) is 6.07. The van der Waals surface area contributed by atoms with Gasteiger partial charge >= 0.3 is 0 Å². The lowest BCUT2D eigenvalue weighted by Gasteiger charge is -2.07. The van der Waals surface area contributed by atoms with Gasteiger partial charge in [0, 0.05) is 10.9 Å². The molecule has 2 aromatic carbocycles. The zero-order chi connectivity index (χ0) is 13.2. The minimum absolute atomic E-state index is 0.536. The number of anilines is 1. The number of rotatable bonds is 2. The van der Waals surface area contributed by atoms with E-state index in [1.54, 1.807) is 7.11 Å². The largest absolute Gasteiger partial charge is 0.497 e. The first kappa shape index (κ1) is 11.5. The van der Waals surface area contributed by atoms with Crippen LogP contribution < -0.4 is 10.5 Å². The number of hydrogen-bond donors (Lipinski definition) is 1. The highest BCUT2D eigenvalue weighted by Crippen LogP contribution is 2.29. The number of aromatic nitrogens is 1. The van der Waals surface area contributed by atoms with E-state index >= 15 is 0 Å². The summed E-state index contributed by atoms with van der Waals surface area (Å²) in [5, 5.41) is 1.09. The molecule has 0 aliphatic rings. The molecule has 3 nitrogen and oxygen atoms in total. The third-order valence-electron chi connectivity index (χ3n) is 3.14. The van der Waals surface area contributed by atoms with Crippen LogP contribution in [0.25, 0.3) is 22.0 Å². The summed E-state index contributed by atoms with van der Waals surface area (Å²) in [7, 11) is 1.66. The summed E-state index contributed by atoms with van der Waals surface area (Å²) < 4.78 is 5.18. The maximum Gasteiger partial charge on any atom is 0.124 e. The van der Waals surface area contributed by atoms with Crippen molar-refractivity contribution < 1.29 is 4.74 Å². The summed E-state index contributed by atoms with van der Waals surface area (Å²) in [5.74, 6) is 1.38. The van der Waals surface area contributed by atoms with Gasteiger partial charge in [-0.15, -0.1) is 0 Å². The molecule has 3 aromatic rings. The predicted molar refractivity (Wildman–Crippen MR) is 78.1 cm³/mol. The van der Waals surface area contributed by atoms with Crippen LogP contribution in [0, 0.1) is 0 Å². The molecule has 0 amide bonds. The first-order chi connectivity index (χ1) is 9.28. The number of benzene rings is 2. The molecular weight excluding hydrogens is 236 g/mol. The fraction of sp³-hybridized carbons (Fsp3) is 0.0625. The topological polar surface area (TPSA) is 48.1 Å². The average Bonchev–Trinajstić information content (AvgIpc) is 2.47. The van der Waals surface area contributed by atoms with E-state index in [0.29, 0.717) is 5.82 Å². The molecule has 0 unspecified atom stereocenters. The minimum atomic E-state index is 0.536. The van der Waals surface area contributed by atoms with E-state index in [0.717, 1.165) is 27.8 Å². The Bertz CT molecular complexity index is 720. The molecule has 0 saturated carbocycles. The van der Waals surface area contributed by atoms with E-state index in [4.69, 9.17) is 10.5 Å². The SMILES string of the molecule is COc1ccc(-c2cccc3ccc(N)nc23)cc1. The zero-order valence-electron chi connectivity index (χ0n) is 10.6. The molecule has 94 valence electrons. The summed E-state index contributed by atoms with van der Waals surface area (Å²) in [6, 6.07) is 17.9. The standard InChI is InChI=1S/C16H14N2O/c1-19-13-8-5-11(6-9-13)14-4-2-3-12-7-10-15(17)18-16(12)14/h2-10H,1H3,(H2,17,18). The molecule has 19 heavy (non-hydrogen) atoms. The Morgan fingerprint density at radius 2 is 1.74 bits per heavy atom. The third kappa shape index (κ3) is 2.10. The van der Waals surface area contributed by atoms with Crippen LogP contribution >= 0.6 is 0 Å². The molecule has 1 aromatic heterocycles. The van der Waals surface area contributed by atoms with Crippen molar-refractivity contribution in [2.75, 3.05) is 12.8 Å². The number of nitrogens with two attached hydrogens (primary N) is 1. The summed E-state index contributed by atoms with van der Waals surface area (Å²) in [4.78, 5) is 4.44. The summed E-state index contributed by atoms with van der Waals surface area (Å²) in [6.07, 6.45) is 0. The van der Waals surface area contributed by atoms with Gasteiger partial charge < -0.3 is 10.5 Å². The van der Waals surface area contributed by atoms with E-state index in [1.165, 1.54) is 0 Å². The second-order valence-electron chi connectivity index (χ2n) is 4.34. The molecule has 1 heterocycles. The highest BCUT2D eigenvalue weighted by atomic mass is 16.5. The lowest BCUT2D eigenvalue weighted by Crippen LogP contribution is -1.91. The number of para-hydroxylation sites is 1. The lowest BCUT2D eigenvalue weighted by molar-refractivity contribution is 0.415. The first-order valence-corrected chi connectivity index (χ1v) is 6.07. The van der Waals surface area contributed by atoms with Crippen molar-refractivity contribution in [3.63, 3.8) is 0 Å². The molecule has 0 aliphatic heterocycles. The second-order valence-corrected chi connectivity index (χ2v) is 4.34. The molecular formula is C16H14N2O. The van der Waals surface area contributed by atoms with Crippen molar-refractivity contribution >= 4 is 16.7 Å². The molecule has 0 aliphatic carbocycles. The van der Waals surface area contributed by atoms with E-state index in [9.17, 15) is 0 Å². The van der Waals surface area contributed by atoms with Crippen molar-refractivity contribution in [1.29, 1.82) is 0 Å². The van der Waals surface area contributed by atoms with E-state index < -0.39 is 0 Å². The summed E-state index contributed by atoms with van der Waals surface area (Å²) >= 11 is 0. The van der Waals surface area contributed by atoms with Gasteiger partial charge in [-0.2, -0.15) is 0 Å². The predicted octanol–water partition coefficient (Wildman–Crippen LogP) is 3.49. The second kappa shape index (κ2) is 4.61. The van der Waals surface area contributed by atoms with Crippen molar-refractivity contribution in [2.24, 2.45) is 0 Å². The Morgan fingerprint density at radius 3 is 2.47 bits per heavy atom. The van der Waals surface area contributed by atoms with Crippen molar-refractivity contribution in [1.82, 2.24) is 4.98 Å². The van der Waals surface area contributed by atoms with Gasteiger partial charge in [0.25, 0.3) is 0 Å². The molecule has 0 saturated heterocycles. The van der Waals surface area contributed by atoms with Crippen LogP contribution in [0.5, 0.6) is 5.75 Å². The fourth-order valence-electron chi connectivity index (χ4n) is 2.17. The molecule has 3 rings (SSSR count).